The number of hydrogen-bond acceptors (Lipinski definition) is 7. The lowest BCUT2D eigenvalue weighted by Gasteiger charge is -2.35. The maximum atomic E-state index is 12.9. The van der Waals surface area contributed by atoms with Crippen molar-refractivity contribution in [3.63, 3.8) is 0 Å². The molecular formula is C17H22N4O5. The smallest absolute Gasteiger partial charge is 0.287 e. The van der Waals surface area contributed by atoms with Gasteiger partial charge in [-0.1, -0.05) is 13.8 Å². The number of furan rings is 1. The van der Waals surface area contributed by atoms with E-state index in [9.17, 15) is 9.59 Å². The van der Waals surface area contributed by atoms with E-state index in [-0.39, 0.29) is 24.2 Å². The quantitative estimate of drug-likeness (QED) is 0.858. The van der Waals surface area contributed by atoms with Crippen molar-refractivity contribution < 1.29 is 23.2 Å². The topological polar surface area (TPSA) is 111 Å². The molecule has 0 saturated carbocycles. The van der Waals surface area contributed by atoms with Crippen LogP contribution in [0.1, 0.15) is 55.1 Å². The average Bonchev–Trinajstić information content (AvgIpc) is 3.32. The van der Waals surface area contributed by atoms with Gasteiger partial charge in [0.1, 0.15) is 12.1 Å². The van der Waals surface area contributed by atoms with Gasteiger partial charge in [-0.25, -0.2) is 0 Å². The highest BCUT2D eigenvalue weighted by atomic mass is 16.5. The molecule has 9 heteroatoms. The van der Waals surface area contributed by atoms with Gasteiger partial charge in [0, 0.05) is 12.5 Å². The van der Waals surface area contributed by atoms with Gasteiger partial charge in [-0.05, 0) is 19.1 Å². The highest BCUT2D eigenvalue weighted by Crippen LogP contribution is 2.25. The molecule has 3 heterocycles. The molecule has 1 saturated heterocycles. The van der Waals surface area contributed by atoms with E-state index < -0.39 is 18.0 Å². The molecule has 0 spiro atoms. The van der Waals surface area contributed by atoms with E-state index in [1.54, 1.807) is 17.9 Å². The Labute approximate surface area is 150 Å². The normalized spacial score (nSPS) is 18.8. The molecule has 2 aromatic rings. The molecular weight excluding hydrogens is 340 g/mol. The second kappa shape index (κ2) is 7.69. The van der Waals surface area contributed by atoms with Crippen LogP contribution >= 0.6 is 0 Å². The number of aromatic nitrogens is 2. The number of nitrogens with zero attached hydrogens (tertiary/aromatic N) is 3. The minimum atomic E-state index is -0.735. The number of carbonyl (C=O) groups is 2. The van der Waals surface area contributed by atoms with E-state index in [2.05, 4.69) is 15.5 Å². The van der Waals surface area contributed by atoms with Crippen LogP contribution in [0.3, 0.4) is 0 Å². The van der Waals surface area contributed by atoms with E-state index in [0.29, 0.717) is 24.9 Å². The van der Waals surface area contributed by atoms with E-state index in [0.717, 1.165) is 0 Å². The Kier molecular flexibility index (Phi) is 5.36. The number of carbonyl (C=O) groups excluding carboxylic acids is 2. The Balaban J connectivity index is 1.71. The maximum Gasteiger partial charge on any atom is 0.287 e. The molecule has 1 N–H and O–H groups in total. The summed E-state index contributed by atoms with van der Waals surface area (Å²) in [4.78, 5) is 26.6. The van der Waals surface area contributed by atoms with Crippen LogP contribution in [0.25, 0.3) is 0 Å². The molecule has 1 aliphatic rings. The van der Waals surface area contributed by atoms with Crippen LogP contribution in [0.5, 0.6) is 0 Å². The third kappa shape index (κ3) is 3.77. The zero-order chi connectivity index (χ0) is 18.7. The largest absolute Gasteiger partial charge is 0.459 e. The second-order valence-electron chi connectivity index (χ2n) is 6.43. The fourth-order valence-electron chi connectivity index (χ4n) is 2.67. The van der Waals surface area contributed by atoms with Crippen LogP contribution in [0.2, 0.25) is 0 Å². The van der Waals surface area contributed by atoms with E-state index in [1.807, 2.05) is 13.8 Å². The minimum Gasteiger partial charge on any atom is -0.459 e. The molecule has 26 heavy (non-hydrogen) atoms. The Morgan fingerprint density at radius 1 is 1.31 bits per heavy atom. The first-order valence-corrected chi connectivity index (χ1v) is 8.53. The summed E-state index contributed by atoms with van der Waals surface area (Å²) < 4.78 is 16.2. The van der Waals surface area contributed by atoms with Gasteiger partial charge in [0.2, 0.25) is 17.7 Å². The number of morpholine rings is 1. The monoisotopic (exact) mass is 362 g/mol. The number of amides is 2. The highest BCUT2D eigenvalue weighted by molar-refractivity contribution is 5.95. The third-order valence-corrected chi connectivity index (χ3v) is 4.11. The number of nitrogens with one attached hydrogen (secondary N) is 1. The SMILES string of the molecule is CC(NC(=O)c1ccco1)C(=O)N1CCOCC1c1nnc(C(C)C)o1. The maximum absolute atomic E-state index is 12.9. The lowest BCUT2D eigenvalue weighted by molar-refractivity contribution is -0.142. The Bertz CT molecular complexity index is 755. The van der Waals surface area contributed by atoms with Crippen LogP contribution in [0, 0.1) is 0 Å². The van der Waals surface area contributed by atoms with Gasteiger partial charge in [0.25, 0.3) is 5.91 Å². The van der Waals surface area contributed by atoms with Gasteiger partial charge in [-0.3, -0.25) is 9.59 Å². The van der Waals surface area contributed by atoms with E-state index in [1.165, 1.54) is 12.3 Å². The summed E-state index contributed by atoms with van der Waals surface area (Å²) in [6, 6.07) is 1.94. The highest BCUT2D eigenvalue weighted by Gasteiger charge is 2.35. The summed E-state index contributed by atoms with van der Waals surface area (Å²) in [6.07, 6.45) is 1.40. The molecule has 0 aliphatic carbocycles. The first kappa shape index (κ1) is 18.1. The van der Waals surface area contributed by atoms with Crippen molar-refractivity contribution in [1.82, 2.24) is 20.4 Å². The van der Waals surface area contributed by atoms with Crippen molar-refractivity contribution in [3.05, 3.63) is 35.9 Å². The van der Waals surface area contributed by atoms with Gasteiger partial charge in [0.15, 0.2) is 5.76 Å². The first-order chi connectivity index (χ1) is 12.5. The summed E-state index contributed by atoms with van der Waals surface area (Å²) >= 11 is 0. The molecule has 1 fully saturated rings. The fraction of sp³-hybridized carbons (Fsp3) is 0.529. The molecule has 2 atom stereocenters. The van der Waals surface area contributed by atoms with Gasteiger partial charge < -0.3 is 23.8 Å². The van der Waals surface area contributed by atoms with Gasteiger partial charge in [-0.2, -0.15) is 0 Å². The minimum absolute atomic E-state index is 0.0939. The van der Waals surface area contributed by atoms with Gasteiger partial charge in [0.05, 0.1) is 19.5 Å². The molecule has 0 aromatic carbocycles. The number of rotatable bonds is 5. The van der Waals surface area contributed by atoms with Crippen LogP contribution in [-0.4, -0.2) is 52.7 Å². The molecule has 9 nitrogen and oxygen atoms in total. The van der Waals surface area contributed by atoms with E-state index in [4.69, 9.17) is 13.6 Å². The zero-order valence-corrected chi connectivity index (χ0v) is 15.0. The van der Waals surface area contributed by atoms with Crippen LogP contribution < -0.4 is 5.32 Å². The van der Waals surface area contributed by atoms with Gasteiger partial charge >= 0.3 is 0 Å². The summed E-state index contributed by atoms with van der Waals surface area (Å²) in [7, 11) is 0. The summed E-state index contributed by atoms with van der Waals surface area (Å²) in [5.41, 5.74) is 0. The lowest BCUT2D eigenvalue weighted by Crippen LogP contribution is -2.51. The van der Waals surface area contributed by atoms with Crippen molar-refractivity contribution in [1.29, 1.82) is 0 Å². The van der Waals surface area contributed by atoms with E-state index >= 15 is 0 Å². The zero-order valence-electron chi connectivity index (χ0n) is 15.0. The second-order valence-corrected chi connectivity index (χ2v) is 6.43. The predicted molar refractivity (Wildman–Crippen MR) is 89.3 cm³/mol. The molecule has 0 radical (unpaired) electrons. The third-order valence-electron chi connectivity index (χ3n) is 4.11. The molecule has 0 bridgehead atoms. The van der Waals surface area contributed by atoms with Crippen molar-refractivity contribution in [3.8, 4) is 0 Å². The Morgan fingerprint density at radius 3 is 2.77 bits per heavy atom. The van der Waals surface area contributed by atoms with Crippen LogP contribution in [0.15, 0.2) is 27.2 Å². The van der Waals surface area contributed by atoms with Crippen LogP contribution in [0.4, 0.5) is 0 Å². The summed E-state index contributed by atoms with van der Waals surface area (Å²) in [5, 5.41) is 10.7. The van der Waals surface area contributed by atoms with Crippen molar-refractivity contribution >= 4 is 11.8 Å². The lowest BCUT2D eigenvalue weighted by atomic mass is 10.1. The molecule has 2 amide bonds. The molecule has 2 aromatic heterocycles. The van der Waals surface area contributed by atoms with Crippen molar-refractivity contribution in [2.45, 2.75) is 38.8 Å². The van der Waals surface area contributed by atoms with Crippen molar-refractivity contribution in [2.24, 2.45) is 0 Å². The van der Waals surface area contributed by atoms with Gasteiger partial charge in [-0.15, -0.1) is 10.2 Å². The molecule has 2 unspecified atom stereocenters. The predicted octanol–water partition coefficient (Wildman–Crippen LogP) is 1.50. The standard InChI is InChI=1S/C17H22N4O5/c1-10(2)15-19-20-16(26-15)12-9-24-8-6-21(12)17(23)11(3)18-14(22)13-5-4-7-25-13/h4-5,7,10-12H,6,8-9H2,1-3H3,(H,18,22). The number of ether oxygens (including phenoxy) is 1. The average molecular weight is 362 g/mol. The Morgan fingerprint density at radius 2 is 2.12 bits per heavy atom. The first-order valence-electron chi connectivity index (χ1n) is 8.53. The summed E-state index contributed by atoms with van der Waals surface area (Å²) in [5.74, 6) is 0.407. The summed E-state index contributed by atoms with van der Waals surface area (Å²) in [6.45, 7) is 6.58. The fourth-order valence-corrected chi connectivity index (χ4v) is 2.67. The molecule has 3 rings (SSSR count). The van der Waals surface area contributed by atoms with Crippen molar-refractivity contribution in [2.75, 3.05) is 19.8 Å². The Hall–Kier alpha value is -2.68. The van der Waals surface area contributed by atoms with Crippen LogP contribution in [-0.2, 0) is 9.53 Å². The molecule has 140 valence electrons. The number of hydrogen-bond donors (Lipinski definition) is 1. The molecule has 1 aliphatic heterocycles.